The topological polar surface area (TPSA) is 97.1 Å². The third-order valence-electron chi connectivity index (χ3n) is 3.51. The van der Waals surface area contributed by atoms with Crippen LogP contribution in [-0.2, 0) is 9.59 Å². The molecule has 1 aliphatic carbocycles. The van der Waals surface area contributed by atoms with Crippen molar-refractivity contribution in [2.45, 2.75) is 64.8 Å². The number of likely N-dealkylation sites (N-methyl/N-ethyl adjacent to an activating group) is 1. The van der Waals surface area contributed by atoms with Crippen molar-refractivity contribution in [3.63, 3.8) is 0 Å². The van der Waals surface area contributed by atoms with E-state index in [0.29, 0.717) is 5.89 Å². The van der Waals surface area contributed by atoms with E-state index in [1.54, 1.807) is 0 Å². The molecule has 2 N–H and O–H groups in total. The number of nitrogens with one attached hydrogen (secondary N) is 2. The molecule has 1 unspecified atom stereocenters. The summed E-state index contributed by atoms with van der Waals surface area (Å²) in [5, 5.41) is 13.0. The van der Waals surface area contributed by atoms with Gasteiger partial charge in [0, 0.05) is 19.9 Å². The van der Waals surface area contributed by atoms with Crippen LogP contribution < -0.4 is 10.6 Å². The molecule has 2 rings (SSSR count). The van der Waals surface area contributed by atoms with Gasteiger partial charge in [0.15, 0.2) is 6.04 Å². The van der Waals surface area contributed by atoms with Crippen molar-refractivity contribution >= 4 is 11.8 Å². The van der Waals surface area contributed by atoms with Crippen molar-refractivity contribution in [1.82, 2.24) is 20.8 Å². The summed E-state index contributed by atoms with van der Waals surface area (Å²) in [5.74, 6) is 0.279. The molecule has 124 valence electrons. The van der Waals surface area contributed by atoms with E-state index < -0.39 is 6.04 Å². The first-order valence-corrected chi connectivity index (χ1v) is 7.93. The Kier molecular flexibility index (Phi) is 7.56. The lowest BCUT2D eigenvalue weighted by Crippen LogP contribution is -2.38. The van der Waals surface area contributed by atoms with Crippen LogP contribution >= 0.6 is 0 Å². The molecular weight excluding hydrogens is 284 g/mol. The van der Waals surface area contributed by atoms with Gasteiger partial charge in [-0.15, -0.1) is 10.2 Å². The number of carbonyl (C=O) groups is 2. The summed E-state index contributed by atoms with van der Waals surface area (Å²) in [6.45, 7) is 5.34. The predicted molar refractivity (Wildman–Crippen MR) is 82.1 cm³/mol. The van der Waals surface area contributed by atoms with E-state index in [9.17, 15) is 9.59 Å². The quantitative estimate of drug-likeness (QED) is 0.887. The van der Waals surface area contributed by atoms with Gasteiger partial charge in [-0.05, 0) is 12.8 Å². The zero-order valence-electron chi connectivity index (χ0n) is 13.8. The van der Waals surface area contributed by atoms with E-state index in [0.717, 1.165) is 25.7 Å². The van der Waals surface area contributed by atoms with Gasteiger partial charge in [0.25, 0.3) is 5.91 Å². The van der Waals surface area contributed by atoms with Crippen LogP contribution in [0.4, 0.5) is 0 Å². The van der Waals surface area contributed by atoms with Crippen LogP contribution in [0.25, 0.3) is 0 Å². The Morgan fingerprint density at radius 1 is 1.18 bits per heavy atom. The van der Waals surface area contributed by atoms with Gasteiger partial charge in [0.1, 0.15) is 0 Å². The molecule has 0 spiro atoms. The van der Waals surface area contributed by atoms with Crippen LogP contribution in [0.2, 0.25) is 0 Å². The molecule has 7 heteroatoms. The summed E-state index contributed by atoms with van der Waals surface area (Å²) in [6.07, 6.45) is 5.63. The lowest BCUT2D eigenvalue weighted by Gasteiger charge is -2.17. The number of nitrogens with zero attached hydrogens (tertiary/aromatic N) is 2. The zero-order valence-corrected chi connectivity index (χ0v) is 13.8. The van der Waals surface area contributed by atoms with Crippen molar-refractivity contribution in [2.75, 3.05) is 7.05 Å². The van der Waals surface area contributed by atoms with E-state index >= 15 is 0 Å². The third kappa shape index (κ3) is 4.82. The number of carbonyl (C=O) groups excluding carboxylic acids is 2. The normalized spacial score (nSPS) is 16.2. The highest BCUT2D eigenvalue weighted by molar-refractivity contribution is 5.86. The van der Waals surface area contributed by atoms with E-state index in [4.69, 9.17) is 4.42 Å². The minimum atomic E-state index is -0.928. The summed E-state index contributed by atoms with van der Waals surface area (Å²) in [4.78, 5) is 23.0. The maximum Gasteiger partial charge on any atom is 0.252 e. The van der Waals surface area contributed by atoms with Crippen molar-refractivity contribution in [2.24, 2.45) is 0 Å². The van der Waals surface area contributed by atoms with Gasteiger partial charge in [0.2, 0.25) is 17.7 Å². The molecule has 1 atom stereocenters. The summed E-state index contributed by atoms with van der Waals surface area (Å²) >= 11 is 0. The summed E-state index contributed by atoms with van der Waals surface area (Å²) in [7, 11) is 1.50. The van der Waals surface area contributed by atoms with Crippen LogP contribution in [0, 0.1) is 0 Å². The molecule has 1 heterocycles. The first kappa shape index (κ1) is 18.1. The van der Waals surface area contributed by atoms with E-state index in [2.05, 4.69) is 20.8 Å². The van der Waals surface area contributed by atoms with Gasteiger partial charge in [-0.25, -0.2) is 0 Å². The lowest BCUT2D eigenvalue weighted by molar-refractivity contribution is -0.128. The smallest absolute Gasteiger partial charge is 0.252 e. The average Bonchev–Trinajstić information content (AvgIpc) is 3.04. The molecule has 0 aromatic carbocycles. The van der Waals surface area contributed by atoms with Gasteiger partial charge in [-0.2, -0.15) is 0 Å². The molecule has 1 aromatic heterocycles. The van der Waals surface area contributed by atoms with Crippen molar-refractivity contribution in [3.8, 4) is 0 Å². The highest BCUT2D eigenvalue weighted by Crippen LogP contribution is 2.32. The molecule has 22 heavy (non-hydrogen) atoms. The summed E-state index contributed by atoms with van der Waals surface area (Å²) in [6, 6.07) is -0.928. The summed E-state index contributed by atoms with van der Waals surface area (Å²) < 4.78 is 5.61. The number of hydrogen-bond acceptors (Lipinski definition) is 5. The maximum absolute atomic E-state index is 11.8. The van der Waals surface area contributed by atoms with Crippen LogP contribution in [-0.4, -0.2) is 29.1 Å². The molecule has 1 aromatic rings. The highest BCUT2D eigenvalue weighted by Gasteiger charge is 2.28. The molecule has 0 aliphatic heterocycles. The number of rotatable bonds is 4. The zero-order chi connectivity index (χ0) is 16.5. The Hall–Kier alpha value is -1.92. The van der Waals surface area contributed by atoms with Crippen LogP contribution in [0.1, 0.15) is 76.6 Å². The van der Waals surface area contributed by atoms with Gasteiger partial charge >= 0.3 is 0 Å². The fourth-order valence-electron chi connectivity index (χ4n) is 2.46. The molecular formula is C15H26N4O3. The SMILES string of the molecule is CC.CNC(=O)C(NC(C)=O)c1nnc(C2CCCCC2)o1. The van der Waals surface area contributed by atoms with E-state index in [1.165, 1.54) is 20.4 Å². The molecule has 7 nitrogen and oxygen atoms in total. The molecule has 1 fully saturated rings. The van der Waals surface area contributed by atoms with Crippen LogP contribution in [0.3, 0.4) is 0 Å². The Morgan fingerprint density at radius 3 is 2.36 bits per heavy atom. The minimum absolute atomic E-state index is 0.139. The average molecular weight is 310 g/mol. The van der Waals surface area contributed by atoms with Gasteiger partial charge < -0.3 is 15.1 Å². The van der Waals surface area contributed by atoms with Crippen molar-refractivity contribution < 1.29 is 14.0 Å². The van der Waals surface area contributed by atoms with Gasteiger partial charge in [-0.1, -0.05) is 33.1 Å². The Balaban J connectivity index is 0.00000116. The summed E-state index contributed by atoms with van der Waals surface area (Å²) in [5.41, 5.74) is 0. The second-order valence-electron chi connectivity index (χ2n) is 5.06. The minimum Gasteiger partial charge on any atom is -0.422 e. The third-order valence-corrected chi connectivity index (χ3v) is 3.51. The Morgan fingerprint density at radius 2 is 1.82 bits per heavy atom. The fourth-order valence-corrected chi connectivity index (χ4v) is 2.46. The molecule has 0 bridgehead atoms. The first-order valence-electron chi connectivity index (χ1n) is 7.93. The lowest BCUT2D eigenvalue weighted by atomic mass is 9.89. The second kappa shape index (κ2) is 9.17. The van der Waals surface area contributed by atoms with Gasteiger partial charge in [-0.3, -0.25) is 9.59 Å². The molecule has 0 saturated heterocycles. The van der Waals surface area contributed by atoms with Gasteiger partial charge in [0.05, 0.1) is 0 Å². The standard InChI is InChI=1S/C13H20N4O3.C2H6/c1-8(18)15-10(11(19)14-2)13-17-16-12(20-13)9-6-4-3-5-7-9;1-2/h9-10H,3-7H2,1-2H3,(H,14,19)(H,15,18);1-2H3. The van der Waals surface area contributed by atoms with Crippen LogP contribution in [0.15, 0.2) is 4.42 Å². The number of hydrogen-bond donors (Lipinski definition) is 2. The fraction of sp³-hybridized carbons (Fsp3) is 0.733. The molecule has 2 amide bonds. The largest absolute Gasteiger partial charge is 0.422 e. The molecule has 0 radical (unpaired) electrons. The van der Waals surface area contributed by atoms with Crippen LogP contribution in [0.5, 0.6) is 0 Å². The first-order chi connectivity index (χ1) is 10.6. The maximum atomic E-state index is 11.8. The molecule has 1 saturated carbocycles. The number of aromatic nitrogens is 2. The highest BCUT2D eigenvalue weighted by atomic mass is 16.4. The number of amides is 2. The Labute approximate surface area is 131 Å². The second-order valence-corrected chi connectivity index (χ2v) is 5.06. The van der Waals surface area contributed by atoms with E-state index in [1.807, 2.05) is 13.8 Å². The van der Waals surface area contributed by atoms with Crippen molar-refractivity contribution in [1.29, 1.82) is 0 Å². The molecule has 1 aliphatic rings. The van der Waals surface area contributed by atoms with Crippen molar-refractivity contribution in [3.05, 3.63) is 11.8 Å². The predicted octanol–water partition coefficient (Wildman–Crippen LogP) is 2.07. The van der Waals surface area contributed by atoms with E-state index in [-0.39, 0.29) is 23.6 Å². The Bertz CT molecular complexity index is 481. The monoisotopic (exact) mass is 310 g/mol.